The molecule has 0 fully saturated rings. The second-order valence-electron chi connectivity index (χ2n) is 3.02. The maximum absolute atomic E-state index is 11.6. The quantitative estimate of drug-likeness (QED) is 0.641. The van der Waals surface area contributed by atoms with Crippen molar-refractivity contribution in [2.75, 3.05) is 7.11 Å². The number of aromatic amines is 1. The molecule has 0 bridgehead atoms. The van der Waals surface area contributed by atoms with Crippen LogP contribution in [0.3, 0.4) is 0 Å². The molecule has 0 aromatic carbocycles. The topological polar surface area (TPSA) is 67.9 Å². The molecule has 6 heteroatoms. The SMILES string of the molecule is C=Cc1n[nH]c2nc(Cl)cc(C(=O)OC)c12. The standard InChI is InChI=1S/C10H8ClN3O2/c1-3-6-8-5(10(15)16-2)4-7(11)12-9(8)14-13-6/h3-4H,1H2,2H3,(H,12,13,14). The van der Waals surface area contributed by atoms with Gasteiger partial charge in [0.05, 0.1) is 23.8 Å². The van der Waals surface area contributed by atoms with Crippen LogP contribution in [0, 0.1) is 0 Å². The van der Waals surface area contributed by atoms with Crippen LogP contribution < -0.4 is 0 Å². The maximum Gasteiger partial charge on any atom is 0.338 e. The normalized spacial score (nSPS) is 10.4. The number of nitrogens with one attached hydrogen (secondary N) is 1. The average Bonchev–Trinajstić information content (AvgIpc) is 2.69. The lowest BCUT2D eigenvalue weighted by Gasteiger charge is -2.01. The Hall–Kier alpha value is -1.88. The molecule has 16 heavy (non-hydrogen) atoms. The molecule has 2 heterocycles. The van der Waals surface area contributed by atoms with Crippen LogP contribution >= 0.6 is 11.6 Å². The van der Waals surface area contributed by atoms with Crippen LogP contribution in [0.4, 0.5) is 0 Å². The van der Waals surface area contributed by atoms with E-state index in [2.05, 4.69) is 26.5 Å². The molecule has 0 saturated carbocycles. The smallest absolute Gasteiger partial charge is 0.338 e. The molecule has 2 aromatic rings. The van der Waals surface area contributed by atoms with E-state index in [0.717, 1.165) is 0 Å². The summed E-state index contributed by atoms with van der Waals surface area (Å²) >= 11 is 5.78. The first-order valence-corrected chi connectivity index (χ1v) is 4.80. The molecule has 0 aliphatic carbocycles. The highest BCUT2D eigenvalue weighted by atomic mass is 35.5. The molecule has 5 nitrogen and oxygen atoms in total. The fourth-order valence-electron chi connectivity index (χ4n) is 1.44. The summed E-state index contributed by atoms with van der Waals surface area (Å²) in [7, 11) is 1.30. The number of rotatable bonds is 2. The lowest BCUT2D eigenvalue weighted by atomic mass is 10.1. The summed E-state index contributed by atoms with van der Waals surface area (Å²) in [5.74, 6) is -0.487. The summed E-state index contributed by atoms with van der Waals surface area (Å²) in [5.41, 5.74) is 1.29. The van der Waals surface area contributed by atoms with Gasteiger partial charge in [-0.05, 0) is 12.1 Å². The highest BCUT2D eigenvalue weighted by Gasteiger charge is 2.17. The van der Waals surface area contributed by atoms with Crippen LogP contribution in [-0.2, 0) is 4.74 Å². The molecule has 1 N–H and O–H groups in total. The number of fused-ring (bicyclic) bond motifs is 1. The molecule has 2 rings (SSSR count). The van der Waals surface area contributed by atoms with E-state index in [9.17, 15) is 4.79 Å². The number of pyridine rings is 1. The number of hydrogen-bond acceptors (Lipinski definition) is 4. The van der Waals surface area contributed by atoms with Crippen molar-refractivity contribution in [1.82, 2.24) is 15.2 Å². The number of aromatic nitrogens is 3. The maximum atomic E-state index is 11.6. The summed E-state index contributed by atoms with van der Waals surface area (Å²) in [6, 6.07) is 1.44. The number of H-pyrrole nitrogens is 1. The zero-order chi connectivity index (χ0) is 11.7. The predicted molar refractivity (Wildman–Crippen MR) is 60.3 cm³/mol. The first-order valence-electron chi connectivity index (χ1n) is 4.42. The molecular formula is C10H8ClN3O2. The molecule has 0 aliphatic rings. The lowest BCUT2D eigenvalue weighted by Crippen LogP contribution is -2.03. The fraction of sp³-hybridized carbons (Fsp3) is 0.100. The third kappa shape index (κ3) is 1.55. The first-order chi connectivity index (χ1) is 7.67. The van der Waals surface area contributed by atoms with Gasteiger partial charge in [0, 0.05) is 0 Å². The van der Waals surface area contributed by atoms with E-state index >= 15 is 0 Å². The van der Waals surface area contributed by atoms with Crippen molar-refractivity contribution in [3.8, 4) is 0 Å². The van der Waals surface area contributed by atoms with E-state index in [-0.39, 0.29) is 5.15 Å². The number of ether oxygens (including phenoxy) is 1. The molecule has 0 amide bonds. The van der Waals surface area contributed by atoms with Gasteiger partial charge in [-0.1, -0.05) is 18.2 Å². The van der Waals surface area contributed by atoms with Gasteiger partial charge in [0.2, 0.25) is 0 Å². The number of carbonyl (C=O) groups excluding carboxylic acids is 1. The first kappa shape index (κ1) is 10.6. The summed E-state index contributed by atoms with van der Waals surface area (Å²) in [5, 5.41) is 7.40. The third-order valence-corrected chi connectivity index (χ3v) is 2.32. The number of hydrogen-bond donors (Lipinski definition) is 1. The van der Waals surface area contributed by atoms with Crippen molar-refractivity contribution in [1.29, 1.82) is 0 Å². The number of halogens is 1. The molecular weight excluding hydrogens is 230 g/mol. The summed E-state index contributed by atoms with van der Waals surface area (Å²) in [6.45, 7) is 3.61. The number of nitrogens with zero attached hydrogens (tertiary/aromatic N) is 2. The van der Waals surface area contributed by atoms with Crippen LogP contribution in [0.1, 0.15) is 16.1 Å². The Morgan fingerprint density at radius 1 is 1.69 bits per heavy atom. The number of esters is 1. The Morgan fingerprint density at radius 3 is 3.06 bits per heavy atom. The Balaban J connectivity index is 2.82. The highest BCUT2D eigenvalue weighted by Crippen LogP contribution is 2.23. The largest absolute Gasteiger partial charge is 0.465 e. The second kappa shape index (κ2) is 3.94. The Bertz CT molecular complexity index is 577. The van der Waals surface area contributed by atoms with Gasteiger partial charge in [0.25, 0.3) is 0 Å². The molecule has 0 atom stereocenters. The van der Waals surface area contributed by atoms with Gasteiger partial charge in [0.15, 0.2) is 5.65 Å². The second-order valence-corrected chi connectivity index (χ2v) is 3.41. The van der Waals surface area contributed by atoms with E-state index < -0.39 is 5.97 Å². The molecule has 0 saturated heterocycles. The van der Waals surface area contributed by atoms with E-state index in [1.165, 1.54) is 19.3 Å². The minimum absolute atomic E-state index is 0.201. The monoisotopic (exact) mass is 237 g/mol. The van der Waals surface area contributed by atoms with Crippen molar-refractivity contribution in [3.05, 3.63) is 29.1 Å². The lowest BCUT2D eigenvalue weighted by molar-refractivity contribution is 0.0603. The Labute approximate surface area is 96.1 Å². The molecule has 0 unspecified atom stereocenters. The van der Waals surface area contributed by atoms with Crippen molar-refractivity contribution >= 4 is 34.7 Å². The summed E-state index contributed by atoms with van der Waals surface area (Å²) in [6.07, 6.45) is 1.53. The van der Waals surface area contributed by atoms with Crippen molar-refractivity contribution in [2.24, 2.45) is 0 Å². The molecule has 0 spiro atoms. The average molecular weight is 238 g/mol. The van der Waals surface area contributed by atoms with Gasteiger partial charge in [-0.3, -0.25) is 5.10 Å². The zero-order valence-electron chi connectivity index (χ0n) is 8.45. The van der Waals surface area contributed by atoms with E-state index in [0.29, 0.717) is 22.3 Å². The minimum Gasteiger partial charge on any atom is -0.465 e. The molecule has 82 valence electrons. The van der Waals surface area contributed by atoms with Gasteiger partial charge >= 0.3 is 5.97 Å². The van der Waals surface area contributed by atoms with Crippen LogP contribution in [-0.4, -0.2) is 28.3 Å². The predicted octanol–water partition coefficient (Wildman–Crippen LogP) is 2.04. The fourth-order valence-corrected chi connectivity index (χ4v) is 1.64. The molecule has 0 aliphatic heterocycles. The van der Waals surface area contributed by atoms with E-state index in [4.69, 9.17) is 11.6 Å². The van der Waals surface area contributed by atoms with Crippen LogP contribution in [0.25, 0.3) is 17.1 Å². The highest BCUT2D eigenvalue weighted by molar-refractivity contribution is 6.30. The number of methoxy groups -OCH3 is 1. The van der Waals surface area contributed by atoms with Crippen LogP contribution in [0.15, 0.2) is 12.6 Å². The van der Waals surface area contributed by atoms with Gasteiger partial charge in [-0.15, -0.1) is 0 Å². The molecule has 2 aromatic heterocycles. The van der Waals surface area contributed by atoms with Crippen LogP contribution in [0.2, 0.25) is 5.15 Å². The summed E-state index contributed by atoms with van der Waals surface area (Å²) in [4.78, 5) is 15.6. The van der Waals surface area contributed by atoms with Gasteiger partial charge in [-0.25, -0.2) is 9.78 Å². The van der Waals surface area contributed by atoms with E-state index in [1.807, 2.05) is 0 Å². The Kier molecular flexibility index (Phi) is 2.62. The van der Waals surface area contributed by atoms with Gasteiger partial charge < -0.3 is 4.74 Å². The van der Waals surface area contributed by atoms with Crippen molar-refractivity contribution in [3.63, 3.8) is 0 Å². The van der Waals surface area contributed by atoms with Gasteiger partial charge in [0.1, 0.15) is 5.15 Å². The third-order valence-electron chi connectivity index (χ3n) is 2.13. The Morgan fingerprint density at radius 2 is 2.44 bits per heavy atom. The number of carbonyl (C=O) groups is 1. The van der Waals surface area contributed by atoms with Crippen molar-refractivity contribution < 1.29 is 9.53 Å². The van der Waals surface area contributed by atoms with Gasteiger partial charge in [-0.2, -0.15) is 5.10 Å². The minimum atomic E-state index is -0.487. The summed E-state index contributed by atoms with van der Waals surface area (Å²) < 4.78 is 4.67. The zero-order valence-corrected chi connectivity index (χ0v) is 9.21. The van der Waals surface area contributed by atoms with Crippen molar-refractivity contribution in [2.45, 2.75) is 0 Å². The van der Waals surface area contributed by atoms with Crippen LogP contribution in [0.5, 0.6) is 0 Å². The van der Waals surface area contributed by atoms with E-state index in [1.54, 1.807) is 0 Å². The molecule has 0 radical (unpaired) electrons.